The van der Waals surface area contributed by atoms with Gasteiger partial charge in [-0.05, 0) is 88.0 Å². The van der Waals surface area contributed by atoms with Gasteiger partial charge in [-0.1, -0.05) is 152 Å². The minimum Gasteiger partial charge on any atom is -0.310 e. The molecule has 2 nitrogen and oxygen atoms in total. The van der Waals surface area contributed by atoms with Crippen LogP contribution in [0, 0.1) is 0 Å². The van der Waals surface area contributed by atoms with E-state index in [-0.39, 0.29) is 0 Å². The van der Waals surface area contributed by atoms with Gasteiger partial charge in [0.25, 0.3) is 0 Å². The molecule has 0 N–H and O–H groups in total. The van der Waals surface area contributed by atoms with E-state index >= 15 is 0 Å². The summed E-state index contributed by atoms with van der Waals surface area (Å²) in [7, 11) is 0. The number of hydrogen-bond acceptors (Lipinski definition) is 1. The Morgan fingerprint density at radius 1 is 0.373 bits per heavy atom. The molecule has 8 aromatic carbocycles. The first-order valence-corrected chi connectivity index (χ1v) is 17.6. The molecule has 10 rings (SSSR count). The molecular formula is C49H34N2. The lowest BCUT2D eigenvalue weighted by Crippen LogP contribution is -2.29. The Hall–Kier alpha value is -6.64. The molecule has 0 unspecified atom stereocenters. The molecule has 2 heteroatoms. The summed E-state index contributed by atoms with van der Waals surface area (Å²) in [5.74, 6) is 0. The fraction of sp³-hybridized carbons (Fsp3) is 0.0204. The van der Waals surface area contributed by atoms with Gasteiger partial charge in [-0.3, -0.25) is 0 Å². The van der Waals surface area contributed by atoms with Crippen molar-refractivity contribution in [3.05, 3.63) is 229 Å². The molecule has 1 aromatic heterocycles. The SMILES string of the molecule is c1ccc(N(c2ccccc2)c2ccc3c(c2)c2cccc(C4(c5ccccc5)c5ccccc5-c5ccccc54)c2n3-c2ccccc2)cc1. The highest BCUT2D eigenvalue weighted by atomic mass is 15.1. The van der Waals surface area contributed by atoms with E-state index in [9.17, 15) is 0 Å². The molecule has 0 spiro atoms. The van der Waals surface area contributed by atoms with Crippen LogP contribution in [0.2, 0.25) is 0 Å². The molecule has 0 bridgehead atoms. The third-order valence-electron chi connectivity index (χ3n) is 10.6. The largest absolute Gasteiger partial charge is 0.310 e. The third-order valence-corrected chi connectivity index (χ3v) is 10.6. The number of para-hydroxylation sites is 4. The molecule has 0 fully saturated rings. The van der Waals surface area contributed by atoms with Crippen LogP contribution < -0.4 is 4.90 Å². The predicted octanol–water partition coefficient (Wildman–Crippen LogP) is 12.6. The van der Waals surface area contributed by atoms with Crippen LogP contribution in [0.3, 0.4) is 0 Å². The van der Waals surface area contributed by atoms with Crippen molar-refractivity contribution in [1.82, 2.24) is 4.57 Å². The van der Waals surface area contributed by atoms with Gasteiger partial charge in [0.2, 0.25) is 0 Å². The highest BCUT2D eigenvalue weighted by Crippen LogP contribution is 2.58. The highest BCUT2D eigenvalue weighted by Gasteiger charge is 2.47. The molecule has 9 aromatic rings. The van der Waals surface area contributed by atoms with E-state index in [0.717, 1.165) is 22.7 Å². The van der Waals surface area contributed by atoms with E-state index in [2.05, 4.69) is 216 Å². The Bertz CT molecular complexity index is 2590. The molecule has 0 saturated heterocycles. The van der Waals surface area contributed by atoms with Gasteiger partial charge in [0.1, 0.15) is 0 Å². The lowest BCUT2D eigenvalue weighted by molar-refractivity contribution is 0.772. The minimum absolute atomic E-state index is 0.530. The lowest BCUT2D eigenvalue weighted by Gasteiger charge is -2.34. The average Bonchev–Trinajstić information content (AvgIpc) is 3.70. The van der Waals surface area contributed by atoms with Crippen LogP contribution in [-0.4, -0.2) is 4.57 Å². The zero-order valence-electron chi connectivity index (χ0n) is 28.0. The normalized spacial score (nSPS) is 12.9. The summed E-state index contributed by atoms with van der Waals surface area (Å²) >= 11 is 0. The van der Waals surface area contributed by atoms with Crippen molar-refractivity contribution in [3.8, 4) is 16.8 Å². The second-order valence-corrected chi connectivity index (χ2v) is 13.3. The van der Waals surface area contributed by atoms with Crippen LogP contribution in [0.4, 0.5) is 17.1 Å². The Morgan fingerprint density at radius 3 is 1.49 bits per heavy atom. The summed E-state index contributed by atoms with van der Waals surface area (Å²) in [6, 6.07) is 75.2. The number of benzene rings is 8. The van der Waals surface area contributed by atoms with Crippen LogP contribution in [0.25, 0.3) is 38.6 Å². The molecule has 1 aliphatic carbocycles. The Morgan fingerprint density at radius 2 is 0.882 bits per heavy atom. The lowest BCUT2D eigenvalue weighted by atomic mass is 9.67. The summed E-state index contributed by atoms with van der Waals surface area (Å²) in [6.45, 7) is 0. The van der Waals surface area contributed by atoms with E-state index in [0.29, 0.717) is 0 Å². The molecule has 0 atom stereocenters. The average molecular weight is 651 g/mol. The van der Waals surface area contributed by atoms with Gasteiger partial charge in [0.15, 0.2) is 0 Å². The van der Waals surface area contributed by atoms with Crippen molar-refractivity contribution < 1.29 is 0 Å². The fourth-order valence-corrected chi connectivity index (χ4v) is 8.63. The van der Waals surface area contributed by atoms with Crippen molar-refractivity contribution in [1.29, 1.82) is 0 Å². The Balaban J connectivity index is 1.34. The summed E-state index contributed by atoms with van der Waals surface area (Å²) in [5, 5.41) is 2.44. The summed E-state index contributed by atoms with van der Waals surface area (Å²) < 4.78 is 2.49. The molecular weight excluding hydrogens is 617 g/mol. The maximum atomic E-state index is 2.49. The Kier molecular flexibility index (Phi) is 6.75. The molecule has 51 heavy (non-hydrogen) atoms. The maximum absolute atomic E-state index is 2.49. The van der Waals surface area contributed by atoms with E-state index in [4.69, 9.17) is 0 Å². The van der Waals surface area contributed by atoms with E-state index in [1.54, 1.807) is 0 Å². The predicted molar refractivity (Wildman–Crippen MR) is 213 cm³/mol. The summed E-state index contributed by atoms with van der Waals surface area (Å²) in [4.78, 5) is 2.35. The second-order valence-electron chi connectivity index (χ2n) is 13.3. The molecule has 0 saturated carbocycles. The van der Waals surface area contributed by atoms with Gasteiger partial charge >= 0.3 is 0 Å². The van der Waals surface area contributed by atoms with Crippen molar-refractivity contribution >= 4 is 38.9 Å². The van der Waals surface area contributed by atoms with Gasteiger partial charge in [-0.15, -0.1) is 0 Å². The number of anilines is 3. The van der Waals surface area contributed by atoms with Crippen molar-refractivity contribution in [2.75, 3.05) is 4.90 Å². The van der Waals surface area contributed by atoms with Gasteiger partial charge < -0.3 is 9.47 Å². The topological polar surface area (TPSA) is 8.17 Å². The van der Waals surface area contributed by atoms with E-state index in [1.165, 1.54) is 55.2 Å². The van der Waals surface area contributed by atoms with Gasteiger partial charge in [-0.2, -0.15) is 0 Å². The van der Waals surface area contributed by atoms with E-state index in [1.807, 2.05) is 0 Å². The number of hydrogen-bond donors (Lipinski definition) is 0. The van der Waals surface area contributed by atoms with Crippen LogP contribution in [0.5, 0.6) is 0 Å². The number of rotatable bonds is 6. The van der Waals surface area contributed by atoms with Crippen molar-refractivity contribution in [3.63, 3.8) is 0 Å². The van der Waals surface area contributed by atoms with Gasteiger partial charge in [0.05, 0.1) is 16.4 Å². The molecule has 0 amide bonds. The van der Waals surface area contributed by atoms with Crippen LogP contribution >= 0.6 is 0 Å². The second kappa shape index (κ2) is 11.8. The smallest absolute Gasteiger partial charge is 0.0734 e. The third kappa shape index (κ3) is 4.36. The van der Waals surface area contributed by atoms with Crippen molar-refractivity contribution in [2.45, 2.75) is 5.41 Å². The summed E-state index contributed by atoms with van der Waals surface area (Å²) in [6.07, 6.45) is 0. The first kappa shape index (κ1) is 29.3. The van der Waals surface area contributed by atoms with Crippen LogP contribution in [0.15, 0.2) is 206 Å². The quantitative estimate of drug-likeness (QED) is 0.174. The number of fused-ring (bicyclic) bond motifs is 6. The molecule has 0 aliphatic heterocycles. The van der Waals surface area contributed by atoms with Crippen LogP contribution in [-0.2, 0) is 5.41 Å². The number of nitrogens with zero attached hydrogens (tertiary/aromatic N) is 2. The standard InChI is InChI=1S/C49H34N2/c1-5-18-35(19-6-1)49(44-29-15-13-26-40(44)41-27-14-16-30-45(41)49)46-31-17-28-42-43-34-39(32-33-47(43)51(48(42)46)38-24-11-4-12-25-38)50(36-20-7-2-8-21-36)37-22-9-3-10-23-37/h1-34H. The summed E-state index contributed by atoms with van der Waals surface area (Å²) in [5.41, 5.74) is 14.1. The highest BCUT2D eigenvalue weighted by molar-refractivity contribution is 6.12. The van der Waals surface area contributed by atoms with Gasteiger partial charge in [0, 0.05) is 33.5 Å². The minimum atomic E-state index is -0.530. The van der Waals surface area contributed by atoms with Crippen LogP contribution in [0.1, 0.15) is 22.3 Å². The van der Waals surface area contributed by atoms with Gasteiger partial charge in [-0.25, -0.2) is 0 Å². The first-order chi connectivity index (χ1) is 25.3. The fourth-order valence-electron chi connectivity index (χ4n) is 8.63. The maximum Gasteiger partial charge on any atom is 0.0734 e. The molecule has 1 heterocycles. The Labute approximate surface area is 298 Å². The molecule has 240 valence electrons. The molecule has 1 aliphatic rings. The molecule has 0 radical (unpaired) electrons. The monoisotopic (exact) mass is 650 g/mol. The zero-order chi connectivity index (χ0) is 33.8. The van der Waals surface area contributed by atoms with E-state index < -0.39 is 5.41 Å². The first-order valence-electron chi connectivity index (χ1n) is 17.6. The zero-order valence-corrected chi connectivity index (χ0v) is 28.0. The van der Waals surface area contributed by atoms with Crippen molar-refractivity contribution in [2.24, 2.45) is 0 Å². The number of aromatic nitrogens is 1.